The number of hydrogen-bond acceptors (Lipinski definition) is 4. The lowest BCUT2D eigenvalue weighted by atomic mass is 10.1. The highest BCUT2D eigenvalue weighted by Crippen LogP contribution is 2.17. The molecular weight excluding hydrogens is 278 g/mol. The Kier molecular flexibility index (Phi) is 4.98. The third-order valence-corrected chi connectivity index (χ3v) is 3.63. The molecule has 118 valence electrons. The largest absolute Gasteiger partial charge is 0.506 e. The Labute approximate surface area is 130 Å². The standard InChI is InChI=1S/C17H23N3O2/c1-11(2)9-18-10-14-16(21)8-17(22)20(19-14)15-7-5-6-12(3)13(15)4/h5-8,11,18,21H,9-10H2,1-4H3. The van der Waals surface area contributed by atoms with Gasteiger partial charge in [0.25, 0.3) is 5.56 Å². The van der Waals surface area contributed by atoms with Gasteiger partial charge in [0.1, 0.15) is 11.4 Å². The highest BCUT2D eigenvalue weighted by Gasteiger charge is 2.11. The number of aromatic hydroxyl groups is 1. The minimum atomic E-state index is -0.334. The van der Waals surface area contributed by atoms with Gasteiger partial charge in [-0.3, -0.25) is 4.79 Å². The van der Waals surface area contributed by atoms with E-state index >= 15 is 0 Å². The number of nitrogens with zero attached hydrogens (tertiary/aromatic N) is 2. The Morgan fingerprint density at radius 2 is 2.05 bits per heavy atom. The van der Waals surface area contributed by atoms with Gasteiger partial charge in [-0.15, -0.1) is 0 Å². The van der Waals surface area contributed by atoms with Crippen LogP contribution < -0.4 is 10.9 Å². The van der Waals surface area contributed by atoms with Gasteiger partial charge < -0.3 is 10.4 Å². The van der Waals surface area contributed by atoms with Crippen molar-refractivity contribution >= 4 is 0 Å². The molecule has 0 saturated heterocycles. The van der Waals surface area contributed by atoms with Crippen LogP contribution in [0.3, 0.4) is 0 Å². The van der Waals surface area contributed by atoms with Gasteiger partial charge in [-0.1, -0.05) is 26.0 Å². The van der Waals surface area contributed by atoms with E-state index in [1.165, 1.54) is 10.7 Å². The maximum atomic E-state index is 12.2. The van der Waals surface area contributed by atoms with E-state index in [1.54, 1.807) is 0 Å². The van der Waals surface area contributed by atoms with Crippen LogP contribution in [0.15, 0.2) is 29.1 Å². The zero-order valence-electron chi connectivity index (χ0n) is 13.6. The molecular formula is C17H23N3O2. The molecule has 0 unspecified atom stereocenters. The third-order valence-electron chi connectivity index (χ3n) is 3.63. The summed E-state index contributed by atoms with van der Waals surface area (Å²) in [6.45, 7) is 9.42. The summed E-state index contributed by atoms with van der Waals surface area (Å²) in [6.07, 6.45) is 0. The minimum absolute atomic E-state index is 0.0668. The van der Waals surface area contributed by atoms with Crippen LogP contribution in [0.2, 0.25) is 0 Å². The van der Waals surface area contributed by atoms with E-state index < -0.39 is 0 Å². The number of aromatic nitrogens is 2. The summed E-state index contributed by atoms with van der Waals surface area (Å²) in [5, 5.41) is 17.5. The van der Waals surface area contributed by atoms with Crippen molar-refractivity contribution in [3.05, 3.63) is 51.4 Å². The van der Waals surface area contributed by atoms with Gasteiger partial charge in [-0.25, -0.2) is 0 Å². The van der Waals surface area contributed by atoms with Crippen molar-refractivity contribution in [3.63, 3.8) is 0 Å². The first-order chi connectivity index (χ1) is 10.4. The molecule has 0 saturated carbocycles. The molecule has 5 heteroatoms. The molecule has 0 spiro atoms. The first-order valence-electron chi connectivity index (χ1n) is 7.49. The molecule has 0 atom stereocenters. The molecule has 0 bridgehead atoms. The second-order valence-corrected chi connectivity index (χ2v) is 5.97. The number of rotatable bonds is 5. The van der Waals surface area contributed by atoms with Gasteiger partial charge in [0.2, 0.25) is 0 Å². The number of hydrogen-bond donors (Lipinski definition) is 2. The van der Waals surface area contributed by atoms with E-state index in [2.05, 4.69) is 24.3 Å². The Morgan fingerprint density at radius 3 is 2.73 bits per heavy atom. The smallest absolute Gasteiger partial charge is 0.275 e. The summed E-state index contributed by atoms with van der Waals surface area (Å²) in [4.78, 5) is 12.2. The van der Waals surface area contributed by atoms with Gasteiger partial charge in [0.05, 0.1) is 5.69 Å². The second-order valence-electron chi connectivity index (χ2n) is 5.97. The molecule has 2 aromatic rings. The predicted molar refractivity (Wildman–Crippen MR) is 87.5 cm³/mol. The van der Waals surface area contributed by atoms with Crippen LogP contribution in [-0.2, 0) is 6.54 Å². The van der Waals surface area contributed by atoms with Crippen molar-refractivity contribution < 1.29 is 5.11 Å². The molecule has 0 aliphatic heterocycles. The molecule has 2 rings (SSSR count). The maximum absolute atomic E-state index is 12.2. The predicted octanol–water partition coefficient (Wildman–Crippen LogP) is 2.30. The van der Waals surface area contributed by atoms with Crippen LogP contribution >= 0.6 is 0 Å². The summed E-state index contributed by atoms with van der Waals surface area (Å²) in [5.41, 5.74) is 2.98. The molecule has 0 amide bonds. The van der Waals surface area contributed by atoms with Crippen LogP contribution in [0.25, 0.3) is 5.69 Å². The fourth-order valence-electron chi connectivity index (χ4n) is 2.23. The van der Waals surface area contributed by atoms with Crippen molar-refractivity contribution in [1.29, 1.82) is 0 Å². The average Bonchev–Trinajstić information content (AvgIpc) is 2.44. The fraction of sp³-hybridized carbons (Fsp3) is 0.412. The quantitative estimate of drug-likeness (QED) is 0.889. The molecule has 1 heterocycles. The first-order valence-corrected chi connectivity index (χ1v) is 7.49. The third kappa shape index (κ3) is 3.54. The van der Waals surface area contributed by atoms with E-state index in [9.17, 15) is 9.90 Å². The molecule has 0 aliphatic rings. The highest BCUT2D eigenvalue weighted by atomic mass is 16.3. The highest BCUT2D eigenvalue weighted by molar-refractivity contribution is 5.44. The van der Waals surface area contributed by atoms with Gasteiger partial charge in [0.15, 0.2) is 0 Å². The van der Waals surface area contributed by atoms with Gasteiger partial charge >= 0.3 is 0 Å². The molecule has 22 heavy (non-hydrogen) atoms. The van der Waals surface area contributed by atoms with E-state index in [4.69, 9.17) is 0 Å². The lowest BCUT2D eigenvalue weighted by Gasteiger charge is -2.13. The maximum Gasteiger partial charge on any atom is 0.275 e. The Morgan fingerprint density at radius 1 is 1.32 bits per heavy atom. The van der Waals surface area contributed by atoms with E-state index in [1.807, 2.05) is 32.0 Å². The van der Waals surface area contributed by atoms with E-state index in [0.29, 0.717) is 18.2 Å². The summed E-state index contributed by atoms with van der Waals surface area (Å²) in [5.74, 6) is 0.440. The Balaban J connectivity index is 2.40. The summed E-state index contributed by atoms with van der Waals surface area (Å²) in [7, 11) is 0. The van der Waals surface area contributed by atoms with Crippen LogP contribution in [0.1, 0.15) is 30.7 Å². The van der Waals surface area contributed by atoms with Crippen molar-refractivity contribution in [2.75, 3.05) is 6.54 Å². The molecule has 1 aromatic carbocycles. The molecule has 5 nitrogen and oxygen atoms in total. The lowest BCUT2D eigenvalue weighted by molar-refractivity contribution is 0.447. The molecule has 0 radical (unpaired) electrons. The first kappa shape index (κ1) is 16.2. The van der Waals surface area contributed by atoms with Crippen LogP contribution in [0.4, 0.5) is 0 Å². The van der Waals surface area contributed by atoms with Crippen molar-refractivity contribution in [2.24, 2.45) is 5.92 Å². The average molecular weight is 301 g/mol. The number of aryl methyl sites for hydroxylation is 1. The Bertz CT molecular complexity index is 720. The monoisotopic (exact) mass is 301 g/mol. The minimum Gasteiger partial charge on any atom is -0.506 e. The summed E-state index contributed by atoms with van der Waals surface area (Å²) >= 11 is 0. The van der Waals surface area contributed by atoms with E-state index in [0.717, 1.165) is 23.4 Å². The van der Waals surface area contributed by atoms with Crippen molar-refractivity contribution in [2.45, 2.75) is 34.2 Å². The van der Waals surface area contributed by atoms with Gasteiger partial charge in [0, 0.05) is 12.6 Å². The topological polar surface area (TPSA) is 67.2 Å². The second kappa shape index (κ2) is 6.75. The van der Waals surface area contributed by atoms with E-state index in [-0.39, 0.29) is 11.3 Å². The summed E-state index contributed by atoms with van der Waals surface area (Å²) in [6, 6.07) is 6.98. The number of benzene rings is 1. The molecule has 1 aromatic heterocycles. The Hall–Kier alpha value is -2.14. The van der Waals surface area contributed by atoms with Crippen LogP contribution in [-0.4, -0.2) is 21.4 Å². The van der Waals surface area contributed by atoms with Crippen LogP contribution in [0.5, 0.6) is 5.75 Å². The van der Waals surface area contributed by atoms with Gasteiger partial charge in [-0.2, -0.15) is 9.78 Å². The van der Waals surface area contributed by atoms with Gasteiger partial charge in [-0.05, 0) is 43.5 Å². The molecule has 0 aliphatic carbocycles. The fourth-order valence-corrected chi connectivity index (χ4v) is 2.23. The molecule has 2 N–H and O–H groups in total. The number of nitrogens with one attached hydrogen (secondary N) is 1. The summed E-state index contributed by atoms with van der Waals surface area (Å²) < 4.78 is 1.36. The normalized spacial score (nSPS) is 11.1. The SMILES string of the molecule is Cc1cccc(-n2nc(CNCC(C)C)c(O)cc2=O)c1C. The van der Waals surface area contributed by atoms with Crippen LogP contribution in [0, 0.1) is 19.8 Å². The zero-order chi connectivity index (χ0) is 16.3. The lowest BCUT2D eigenvalue weighted by Crippen LogP contribution is -2.26. The van der Waals surface area contributed by atoms with Crippen molar-refractivity contribution in [1.82, 2.24) is 15.1 Å². The zero-order valence-corrected chi connectivity index (χ0v) is 13.6. The van der Waals surface area contributed by atoms with Crippen molar-refractivity contribution in [3.8, 4) is 11.4 Å². The molecule has 0 fully saturated rings.